The molecule has 0 saturated carbocycles. The lowest BCUT2D eigenvalue weighted by atomic mass is 9.87. The van der Waals surface area contributed by atoms with Crippen molar-refractivity contribution in [1.82, 2.24) is 4.98 Å². The van der Waals surface area contributed by atoms with Gasteiger partial charge in [-0.25, -0.2) is 4.98 Å². The van der Waals surface area contributed by atoms with E-state index in [4.69, 9.17) is 4.74 Å². The van der Waals surface area contributed by atoms with E-state index in [0.717, 1.165) is 5.69 Å². The molecule has 0 aliphatic rings. The monoisotopic (exact) mass is 375 g/mol. The van der Waals surface area contributed by atoms with Crippen molar-refractivity contribution in [2.45, 2.75) is 26.2 Å². The number of carbonyl (C=O) groups excluding carboxylic acids is 1. The summed E-state index contributed by atoms with van der Waals surface area (Å²) in [6, 6.07) is 18.9. The first-order chi connectivity index (χ1) is 13.3. The van der Waals surface area contributed by atoms with Crippen LogP contribution in [0.1, 0.15) is 36.7 Å². The maximum atomic E-state index is 12.3. The van der Waals surface area contributed by atoms with Gasteiger partial charge >= 0.3 is 0 Å². The van der Waals surface area contributed by atoms with Gasteiger partial charge in [0.15, 0.2) is 0 Å². The van der Waals surface area contributed by atoms with Gasteiger partial charge in [-0.2, -0.15) is 0 Å². The fraction of sp³-hybridized carbons (Fsp3) is 0.217. The number of nitrogens with zero attached hydrogens (tertiary/aromatic N) is 1. The van der Waals surface area contributed by atoms with E-state index in [1.165, 1.54) is 5.56 Å². The van der Waals surface area contributed by atoms with E-state index < -0.39 is 0 Å². The molecular formula is C23H25N3O2. The van der Waals surface area contributed by atoms with E-state index in [9.17, 15) is 4.79 Å². The predicted octanol–water partition coefficient (Wildman–Crippen LogP) is 5.38. The standard InChI is InChI=1S/C23H25N3O2/c1-23(2,3)17-7-9-18(10-8-17)25-21-14-11-19(15-24-21)26-22(27)16-5-12-20(28-4)13-6-16/h5-15H,1-4H3,(H,24,25)(H,26,27). The van der Waals surface area contributed by atoms with Crippen molar-refractivity contribution in [2.75, 3.05) is 17.7 Å². The quantitative estimate of drug-likeness (QED) is 0.628. The number of rotatable bonds is 5. The largest absolute Gasteiger partial charge is 0.497 e. The van der Waals surface area contributed by atoms with Crippen molar-refractivity contribution in [2.24, 2.45) is 0 Å². The van der Waals surface area contributed by atoms with Crippen molar-refractivity contribution in [3.05, 3.63) is 78.0 Å². The van der Waals surface area contributed by atoms with Gasteiger partial charge in [-0.1, -0.05) is 32.9 Å². The summed E-state index contributed by atoms with van der Waals surface area (Å²) in [5.74, 6) is 1.23. The third kappa shape index (κ3) is 4.88. The maximum Gasteiger partial charge on any atom is 0.255 e. The molecule has 144 valence electrons. The average molecular weight is 375 g/mol. The van der Waals surface area contributed by atoms with Gasteiger partial charge in [-0.05, 0) is 59.5 Å². The van der Waals surface area contributed by atoms with Gasteiger partial charge in [-0.3, -0.25) is 4.79 Å². The van der Waals surface area contributed by atoms with E-state index >= 15 is 0 Å². The molecule has 0 spiro atoms. The Morgan fingerprint density at radius 1 is 0.893 bits per heavy atom. The first-order valence-electron chi connectivity index (χ1n) is 9.14. The Hall–Kier alpha value is -3.34. The van der Waals surface area contributed by atoms with Gasteiger partial charge in [0.25, 0.3) is 5.91 Å². The molecule has 0 saturated heterocycles. The Bertz CT molecular complexity index is 926. The van der Waals surface area contributed by atoms with Gasteiger partial charge in [-0.15, -0.1) is 0 Å². The van der Waals surface area contributed by atoms with Crippen molar-refractivity contribution in [3.63, 3.8) is 0 Å². The highest BCUT2D eigenvalue weighted by Gasteiger charge is 2.13. The van der Waals surface area contributed by atoms with Crippen LogP contribution in [-0.2, 0) is 5.41 Å². The van der Waals surface area contributed by atoms with E-state index in [0.29, 0.717) is 22.8 Å². The summed E-state index contributed by atoms with van der Waals surface area (Å²) < 4.78 is 5.10. The number of methoxy groups -OCH3 is 1. The van der Waals surface area contributed by atoms with E-state index in [1.54, 1.807) is 37.6 Å². The number of amides is 1. The summed E-state index contributed by atoms with van der Waals surface area (Å²) >= 11 is 0. The van der Waals surface area contributed by atoms with Crippen LogP contribution in [0.15, 0.2) is 66.9 Å². The second kappa shape index (κ2) is 8.13. The molecule has 0 bridgehead atoms. The molecular weight excluding hydrogens is 350 g/mol. The molecule has 3 rings (SSSR count). The van der Waals surface area contributed by atoms with Crippen molar-refractivity contribution < 1.29 is 9.53 Å². The molecule has 0 radical (unpaired) electrons. The highest BCUT2D eigenvalue weighted by molar-refractivity contribution is 6.04. The zero-order chi connectivity index (χ0) is 20.1. The lowest BCUT2D eigenvalue weighted by Gasteiger charge is -2.19. The first-order valence-corrected chi connectivity index (χ1v) is 9.14. The van der Waals surface area contributed by atoms with Crippen LogP contribution in [0, 0.1) is 0 Å². The van der Waals surface area contributed by atoms with Gasteiger partial charge < -0.3 is 15.4 Å². The van der Waals surface area contributed by atoms with Crippen LogP contribution in [0.25, 0.3) is 0 Å². The SMILES string of the molecule is COc1ccc(C(=O)Nc2ccc(Nc3ccc(C(C)(C)C)cc3)nc2)cc1. The van der Waals surface area contributed by atoms with Gasteiger partial charge in [0.2, 0.25) is 0 Å². The Morgan fingerprint density at radius 2 is 1.54 bits per heavy atom. The van der Waals surface area contributed by atoms with Gasteiger partial charge in [0.05, 0.1) is 19.0 Å². The number of pyridine rings is 1. The molecule has 1 aromatic heterocycles. The fourth-order valence-electron chi connectivity index (χ4n) is 2.69. The first kappa shape index (κ1) is 19.4. The highest BCUT2D eigenvalue weighted by Crippen LogP contribution is 2.24. The zero-order valence-corrected chi connectivity index (χ0v) is 16.6. The van der Waals surface area contributed by atoms with E-state index in [-0.39, 0.29) is 11.3 Å². The van der Waals surface area contributed by atoms with Crippen LogP contribution >= 0.6 is 0 Å². The minimum atomic E-state index is -0.192. The molecule has 0 atom stereocenters. The Balaban J connectivity index is 1.62. The average Bonchev–Trinajstić information content (AvgIpc) is 2.69. The predicted molar refractivity (Wildman–Crippen MR) is 114 cm³/mol. The third-order valence-corrected chi connectivity index (χ3v) is 4.40. The van der Waals surface area contributed by atoms with Crippen molar-refractivity contribution in [1.29, 1.82) is 0 Å². The minimum Gasteiger partial charge on any atom is -0.497 e. The maximum absolute atomic E-state index is 12.3. The molecule has 2 N–H and O–H groups in total. The second-order valence-corrected chi connectivity index (χ2v) is 7.57. The molecule has 0 unspecified atom stereocenters. The lowest BCUT2D eigenvalue weighted by molar-refractivity contribution is 0.102. The van der Waals surface area contributed by atoms with Crippen molar-refractivity contribution >= 4 is 23.1 Å². The summed E-state index contributed by atoms with van der Waals surface area (Å²) in [6.45, 7) is 6.57. The number of benzene rings is 2. The molecule has 0 aliphatic carbocycles. The molecule has 0 fully saturated rings. The Morgan fingerprint density at radius 3 is 2.07 bits per heavy atom. The molecule has 0 aliphatic heterocycles. The van der Waals surface area contributed by atoms with Gasteiger partial charge in [0, 0.05) is 11.3 Å². The Kier molecular flexibility index (Phi) is 5.64. The lowest BCUT2D eigenvalue weighted by Crippen LogP contribution is -2.12. The van der Waals surface area contributed by atoms with Crippen LogP contribution in [0.3, 0.4) is 0 Å². The number of hydrogen-bond acceptors (Lipinski definition) is 4. The van der Waals surface area contributed by atoms with E-state index in [2.05, 4.69) is 48.5 Å². The third-order valence-electron chi connectivity index (χ3n) is 4.40. The number of hydrogen-bond donors (Lipinski definition) is 2. The summed E-state index contributed by atoms with van der Waals surface area (Å²) in [5, 5.41) is 6.11. The number of nitrogens with one attached hydrogen (secondary N) is 2. The fourth-order valence-corrected chi connectivity index (χ4v) is 2.69. The van der Waals surface area contributed by atoms with Crippen molar-refractivity contribution in [3.8, 4) is 5.75 Å². The van der Waals surface area contributed by atoms with Crippen LogP contribution in [-0.4, -0.2) is 18.0 Å². The summed E-state index contributed by atoms with van der Waals surface area (Å²) in [7, 11) is 1.59. The summed E-state index contributed by atoms with van der Waals surface area (Å²) in [5.41, 5.74) is 3.56. The molecule has 3 aromatic rings. The normalized spacial score (nSPS) is 11.0. The van der Waals surface area contributed by atoms with Crippen LogP contribution in [0.2, 0.25) is 0 Å². The summed E-state index contributed by atoms with van der Waals surface area (Å²) in [4.78, 5) is 16.7. The van der Waals surface area contributed by atoms with E-state index in [1.807, 2.05) is 24.3 Å². The molecule has 1 amide bonds. The Labute approximate surface area is 165 Å². The van der Waals surface area contributed by atoms with Crippen LogP contribution < -0.4 is 15.4 Å². The minimum absolute atomic E-state index is 0.126. The number of ether oxygens (including phenoxy) is 1. The summed E-state index contributed by atoms with van der Waals surface area (Å²) in [6.07, 6.45) is 1.63. The molecule has 2 aromatic carbocycles. The van der Waals surface area contributed by atoms with Crippen LogP contribution in [0.5, 0.6) is 5.75 Å². The number of aromatic nitrogens is 1. The second-order valence-electron chi connectivity index (χ2n) is 7.57. The molecule has 5 nitrogen and oxygen atoms in total. The number of carbonyl (C=O) groups is 1. The van der Waals surface area contributed by atoms with Gasteiger partial charge in [0.1, 0.15) is 11.6 Å². The number of anilines is 3. The highest BCUT2D eigenvalue weighted by atomic mass is 16.5. The molecule has 1 heterocycles. The molecule has 28 heavy (non-hydrogen) atoms. The van der Waals surface area contributed by atoms with Crippen LogP contribution in [0.4, 0.5) is 17.2 Å². The molecule has 5 heteroatoms. The smallest absolute Gasteiger partial charge is 0.255 e. The zero-order valence-electron chi connectivity index (χ0n) is 16.6. The topological polar surface area (TPSA) is 63.2 Å².